The lowest BCUT2D eigenvalue weighted by Crippen LogP contribution is -2.07. The summed E-state index contributed by atoms with van der Waals surface area (Å²) in [5, 5.41) is 6.84. The maximum Gasteiger partial charge on any atom is 0.329 e. The first kappa shape index (κ1) is 20.7. The van der Waals surface area contributed by atoms with E-state index in [1.165, 1.54) is 18.2 Å². The van der Waals surface area contributed by atoms with Crippen LogP contribution in [0, 0.1) is 5.82 Å². The highest BCUT2D eigenvalue weighted by Gasteiger charge is 2.14. The van der Waals surface area contributed by atoms with Crippen LogP contribution in [0.4, 0.5) is 10.1 Å². The van der Waals surface area contributed by atoms with Crippen molar-refractivity contribution >= 4 is 25.3 Å². The lowest BCUT2D eigenvalue weighted by molar-refractivity contribution is -0.111. The Morgan fingerprint density at radius 2 is 1.97 bits per heavy atom. The molecule has 1 aromatic heterocycles. The Morgan fingerprint density at radius 1 is 1.24 bits per heavy atom. The molecule has 7 nitrogen and oxygen atoms in total. The smallest absolute Gasteiger partial charge is 0.324 e. The molecule has 0 atom stereocenters. The summed E-state index contributed by atoms with van der Waals surface area (Å²) in [5.74, 6) is -0.750. The van der Waals surface area contributed by atoms with Gasteiger partial charge in [0, 0.05) is 29.9 Å². The molecule has 0 aliphatic heterocycles. The highest BCUT2D eigenvalue weighted by atomic mass is 31.2. The van der Waals surface area contributed by atoms with E-state index in [-0.39, 0.29) is 17.9 Å². The summed E-state index contributed by atoms with van der Waals surface area (Å²) in [6, 6.07) is 12.3. The Bertz CT molecular complexity index is 1100. The maximum atomic E-state index is 13.5. The van der Waals surface area contributed by atoms with Gasteiger partial charge in [-0.15, -0.1) is 0 Å². The van der Waals surface area contributed by atoms with Crippen LogP contribution in [0.5, 0.6) is 0 Å². The lowest BCUT2D eigenvalue weighted by atomic mass is 10.1. The molecule has 0 aliphatic rings. The minimum Gasteiger partial charge on any atom is -0.324 e. The van der Waals surface area contributed by atoms with Crippen LogP contribution in [0.1, 0.15) is 11.1 Å². The van der Waals surface area contributed by atoms with Gasteiger partial charge >= 0.3 is 7.60 Å². The summed E-state index contributed by atoms with van der Waals surface area (Å²) in [4.78, 5) is 30.2. The monoisotopic (exact) mass is 415 g/mol. The SMILES string of the molecule is Cn1ncc(/C=C/C(=O)Nc2ccc(CP(=O)(O)O)cc2)c1-c1cccc(F)c1. The number of amides is 1. The van der Waals surface area contributed by atoms with Gasteiger partial charge in [0.05, 0.1) is 18.1 Å². The molecule has 2 aromatic carbocycles. The topological polar surface area (TPSA) is 104 Å². The van der Waals surface area contributed by atoms with Crippen molar-refractivity contribution < 1.29 is 23.5 Å². The number of nitrogens with one attached hydrogen (secondary N) is 1. The number of benzene rings is 2. The molecular formula is C20H19FN3O4P. The van der Waals surface area contributed by atoms with Crippen molar-refractivity contribution in [3.63, 3.8) is 0 Å². The number of hydrogen-bond donors (Lipinski definition) is 3. The molecule has 3 rings (SSSR count). The summed E-state index contributed by atoms with van der Waals surface area (Å²) in [6.07, 6.45) is 4.15. The third kappa shape index (κ3) is 5.71. The summed E-state index contributed by atoms with van der Waals surface area (Å²) in [6.45, 7) is 0. The predicted octanol–water partition coefficient (Wildman–Crippen LogP) is 3.56. The number of halogens is 1. The average Bonchev–Trinajstić information content (AvgIpc) is 3.01. The van der Waals surface area contributed by atoms with Crippen LogP contribution in [0.3, 0.4) is 0 Å². The van der Waals surface area contributed by atoms with Crippen molar-refractivity contribution in [3.05, 3.63) is 77.7 Å². The number of anilines is 1. The first-order chi connectivity index (χ1) is 13.7. The minimum atomic E-state index is -4.14. The van der Waals surface area contributed by atoms with Crippen LogP contribution in [0.15, 0.2) is 60.8 Å². The summed E-state index contributed by atoms with van der Waals surface area (Å²) in [7, 11) is -2.40. The summed E-state index contributed by atoms with van der Waals surface area (Å²) in [5.41, 5.74) is 2.94. The van der Waals surface area contributed by atoms with Crippen molar-refractivity contribution in [1.82, 2.24) is 9.78 Å². The second-order valence-electron chi connectivity index (χ2n) is 6.42. The number of aryl methyl sites for hydroxylation is 1. The van der Waals surface area contributed by atoms with Crippen molar-refractivity contribution in [1.29, 1.82) is 0 Å². The fraction of sp³-hybridized carbons (Fsp3) is 0.100. The van der Waals surface area contributed by atoms with Crippen LogP contribution in [0.2, 0.25) is 0 Å². The number of hydrogen-bond acceptors (Lipinski definition) is 3. The Hall–Kier alpha value is -3.06. The van der Waals surface area contributed by atoms with Crippen LogP contribution in [-0.4, -0.2) is 25.5 Å². The van der Waals surface area contributed by atoms with E-state index in [1.807, 2.05) is 0 Å². The number of carbonyl (C=O) groups excluding carboxylic acids is 1. The molecule has 3 N–H and O–H groups in total. The van der Waals surface area contributed by atoms with E-state index in [0.29, 0.717) is 28.1 Å². The van der Waals surface area contributed by atoms with Gasteiger partial charge in [-0.05, 0) is 35.9 Å². The Balaban J connectivity index is 1.71. The van der Waals surface area contributed by atoms with Crippen molar-refractivity contribution in [2.45, 2.75) is 6.16 Å². The zero-order valence-electron chi connectivity index (χ0n) is 15.5. The van der Waals surface area contributed by atoms with Gasteiger partial charge in [-0.3, -0.25) is 14.0 Å². The molecule has 0 saturated heterocycles. The van der Waals surface area contributed by atoms with Gasteiger partial charge in [0.1, 0.15) is 5.82 Å². The van der Waals surface area contributed by atoms with E-state index >= 15 is 0 Å². The normalized spacial score (nSPS) is 11.7. The molecule has 1 amide bonds. The fourth-order valence-electron chi connectivity index (χ4n) is 2.85. The molecule has 3 aromatic rings. The zero-order chi connectivity index (χ0) is 21.0. The number of nitrogens with zero attached hydrogens (tertiary/aromatic N) is 2. The number of carbonyl (C=O) groups is 1. The average molecular weight is 415 g/mol. The van der Waals surface area contributed by atoms with Crippen molar-refractivity contribution in [3.8, 4) is 11.3 Å². The van der Waals surface area contributed by atoms with E-state index in [1.54, 1.807) is 60.4 Å². The highest BCUT2D eigenvalue weighted by molar-refractivity contribution is 7.50. The third-order valence-corrected chi connectivity index (χ3v) is 4.87. The van der Waals surface area contributed by atoms with Gasteiger partial charge in [0.25, 0.3) is 0 Å². The quantitative estimate of drug-likeness (QED) is 0.422. The molecule has 29 heavy (non-hydrogen) atoms. The van der Waals surface area contributed by atoms with E-state index in [9.17, 15) is 13.8 Å². The second kappa shape index (κ2) is 8.53. The molecule has 0 aliphatic carbocycles. The maximum absolute atomic E-state index is 13.5. The van der Waals surface area contributed by atoms with Crippen LogP contribution < -0.4 is 5.32 Å². The molecule has 0 radical (unpaired) electrons. The second-order valence-corrected chi connectivity index (χ2v) is 8.07. The third-order valence-electron chi connectivity index (χ3n) is 4.09. The van der Waals surface area contributed by atoms with Gasteiger partial charge in [-0.1, -0.05) is 24.3 Å². The molecule has 0 bridgehead atoms. The molecule has 0 unspecified atom stereocenters. The van der Waals surface area contributed by atoms with E-state index in [0.717, 1.165) is 0 Å². The Morgan fingerprint density at radius 3 is 2.62 bits per heavy atom. The van der Waals surface area contributed by atoms with Crippen molar-refractivity contribution in [2.75, 3.05) is 5.32 Å². The summed E-state index contributed by atoms with van der Waals surface area (Å²) < 4.78 is 26.2. The lowest BCUT2D eigenvalue weighted by Gasteiger charge is -2.06. The minimum absolute atomic E-state index is 0.356. The largest absolute Gasteiger partial charge is 0.329 e. The molecular weight excluding hydrogens is 396 g/mol. The van der Waals surface area contributed by atoms with Crippen LogP contribution in [-0.2, 0) is 22.6 Å². The molecule has 1 heterocycles. The molecule has 0 spiro atoms. The van der Waals surface area contributed by atoms with Gasteiger partial charge in [-0.25, -0.2) is 4.39 Å². The first-order valence-electron chi connectivity index (χ1n) is 8.62. The summed E-state index contributed by atoms with van der Waals surface area (Å²) >= 11 is 0. The number of aromatic nitrogens is 2. The van der Waals surface area contributed by atoms with E-state index < -0.39 is 7.60 Å². The Kier molecular flexibility index (Phi) is 6.08. The van der Waals surface area contributed by atoms with Gasteiger partial charge in [-0.2, -0.15) is 5.10 Å². The molecule has 0 saturated carbocycles. The van der Waals surface area contributed by atoms with Gasteiger partial charge < -0.3 is 15.1 Å². The standard InChI is InChI=1S/C20H19FN3O4P/c1-24-20(15-3-2-4-17(21)11-15)16(12-22-24)7-10-19(25)23-18-8-5-14(6-9-18)13-29(26,27)28/h2-12H,13H2,1H3,(H,23,25)(H2,26,27,28)/b10-7+. The van der Waals surface area contributed by atoms with Gasteiger partial charge in [0.15, 0.2) is 0 Å². The predicted molar refractivity (Wildman–Crippen MR) is 108 cm³/mol. The molecule has 150 valence electrons. The highest BCUT2D eigenvalue weighted by Crippen LogP contribution is 2.39. The molecule has 9 heteroatoms. The first-order valence-corrected chi connectivity index (χ1v) is 10.4. The Labute approximate surface area is 166 Å². The molecule has 0 fully saturated rings. The van der Waals surface area contributed by atoms with Crippen LogP contribution in [0.25, 0.3) is 17.3 Å². The van der Waals surface area contributed by atoms with E-state index in [4.69, 9.17) is 9.79 Å². The number of rotatable bonds is 6. The fourth-order valence-corrected chi connectivity index (χ4v) is 3.53. The van der Waals surface area contributed by atoms with Crippen LogP contribution >= 0.6 is 7.60 Å². The van der Waals surface area contributed by atoms with E-state index in [2.05, 4.69) is 10.4 Å². The zero-order valence-corrected chi connectivity index (χ0v) is 16.4. The van der Waals surface area contributed by atoms with Gasteiger partial charge in [0.2, 0.25) is 5.91 Å². The van der Waals surface area contributed by atoms with Crippen molar-refractivity contribution in [2.24, 2.45) is 7.05 Å².